The Kier molecular flexibility index (Phi) is 8.80. The molecule has 5 heterocycles. The van der Waals surface area contributed by atoms with Gasteiger partial charge in [0.25, 0.3) is 0 Å². The van der Waals surface area contributed by atoms with Crippen molar-refractivity contribution in [2.24, 2.45) is 9.98 Å². The van der Waals surface area contributed by atoms with Gasteiger partial charge in [0.2, 0.25) is 0 Å². The van der Waals surface area contributed by atoms with Crippen LogP contribution in [0.25, 0.3) is 32.7 Å². The van der Waals surface area contributed by atoms with Gasteiger partial charge in [-0.1, -0.05) is 132 Å². The number of Topliss-reactive ketones (excluding diaryl/α,β-unsaturated/α-hetero) is 2. The molecule has 0 radical (unpaired) electrons. The normalized spacial score (nSPS) is 21.9. The van der Waals surface area contributed by atoms with Crippen LogP contribution in [0.15, 0.2) is 167 Å². The van der Waals surface area contributed by atoms with E-state index >= 15 is 9.59 Å². The van der Waals surface area contributed by atoms with Crippen LogP contribution in [0.3, 0.4) is 0 Å². The quantitative estimate of drug-likeness (QED) is 0.162. The molecule has 3 aliphatic heterocycles. The molecule has 6 nitrogen and oxygen atoms in total. The number of carbonyl (C=O) groups is 2. The van der Waals surface area contributed by atoms with Crippen LogP contribution < -0.4 is 9.97 Å². The number of aryl methyl sites for hydroxylation is 6. The number of aromatic nitrogens is 2. The number of fused-ring (bicyclic) bond motifs is 12. The van der Waals surface area contributed by atoms with Gasteiger partial charge in [0.1, 0.15) is 5.41 Å². The number of aliphatic imine (C=N–C) groups is 2. The van der Waals surface area contributed by atoms with Gasteiger partial charge < -0.3 is 9.97 Å². The fraction of sp³-hybridized carbons (Fsp3) is 0.133. The average Bonchev–Trinajstić information content (AvgIpc) is 4.17. The van der Waals surface area contributed by atoms with Gasteiger partial charge in [-0.15, -0.1) is 22.8 Å². The van der Waals surface area contributed by atoms with Crippen molar-refractivity contribution in [3.8, 4) is 0 Å². The predicted molar refractivity (Wildman–Crippen MR) is 264 cm³/mol. The van der Waals surface area contributed by atoms with E-state index in [0.717, 1.165) is 88.3 Å². The topological polar surface area (TPSA) is 87.1 Å². The fourth-order valence-electron chi connectivity index (χ4n) is 12.4. The molecule has 8 bridgehead atoms. The van der Waals surface area contributed by atoms with Crippen LogP contribution in [-0.4, -0.2) is 23.0 Å². The molecule has 13 rings (SSSR count). The Balaban J connectivity index is 0.00000468. The van der Waals surface area contributed by atoms with E-state index in [2.05, 4.69) is 102 Å². The molecule has 2 atom stereocenters. The molecule has 2 spiro atoms. The summed E-state index contributed by atoms with van der Waals surface area (Å²) in [5, 5.41) is 3.83. The molecule has 0 saturated carbocycles. The first-order valence-electron chi connectivity index (χ1n) is 22.6. The van der Waals surface area contributed by atoms with Gasteiger partial charge >= 0.3 is 19.5 Å². The Morgan fingerprint density at radius 3 is 1.27 bits per heavy atom. The maximum Gasteiger partial charge on any atom is 2.00 e. The minimum absolute atomic E-state index is 0. The molecule has 0 fully saturated rings. The first kappa shape index (κ1) is 41.1. The minimum Gasteiger partial charge on any atom is -0.659 e. The maximum atomic E-state index is 15.7. The molecule has 7 heteroatoms. The third-order valence-electron chi connectivity index (χ3n) is 14.8. The first-order valence-corrected chi connectivity index (χ1v) is 22.6. The van der Waals surface area contributed by atoms with E-state index in [-0.39, 0.29) is 31.0 Å². The molecule has 0 amide bonds. The zero-order chi connectivity index (χ0) is 45.0. The second-order valence-corrected chi connectivity index (χ2v) is 18.7. The molecule has 2 aromatic heterocycles. The van der Waals surface area contributed by atoms with Gasteiger partial charge in [-0.25, -0.2) is 0 Å². The van der Waals surface area contributed by atoms with E-state index in [1.807, 2.05) is 85.0 Å². The molecule has 0 saturated heterocycles. The van der Waals surface area contributed by atoms with Gasteiger partial charge in [0.05, 0.1) is 28.2 Å². The van der Waals surface area contributed by atoms with Gasteiger partial charge in [-0.2, -0.15) is 0 Å². The molecule has 8 aromatic rings. The first-order chi connectivity index (χ1) is 32.0. The van der Waals surface area contributed by atoms with Crippen LogP contribution in [-0.2, 0) is 30.3 Å². The maximum absolute atomic E-state index is 15.7. The minimum atomic E-state index is -1.36. The van der Waals surface area contributed by atoms with Crippen molar-refractivity contribution in [2.75, 3.05) is 0 Å². The van der Waals surface area contributed by atoms with Crippen LogP contribution in [0.4, 0.5) is 0 Å². The predicted octanol–water partition coefficient (Wildman–Crippen LogP) is 12.0. The summed E-state index contributed by atoms with van der Waals surface area (Å²) in [4.78, 5) is 53.8. The van der Waals surface area contributed by atoms with Crippen molar-refractivity contribution >= 4 is 55.7 Å². The molecular formula is C60H42N4O2Zn. The Bertz CT molecular complexity index is 3620. The van der Waals surface area contributed by atoms with Gasteiger partial charge in [0.15, 0.2) is 11.6 Å². The number of allylic oxidation sites excluding steroid dienone is 4. The average molecular weight is 916 g/mol. The molecule has 5 aliphatic rings. The van der Waals surface area contributed by atoms with Crippen molar-refractivity contribution < 1.29 is 29.1 Å². The van der Waals surface area contributed by atoms with E-state index in [4.69, 9.17) is 20.0 Å². The number of hydrogen-bond acceptors (Lipinski definition) is 4. The summed E-state index contributed by atoms with van der Waals surface area (Å²) >= 11 is 0. The van der Waals surface area contributed by atoms with Crippen LogP contribution in [0.1, 0.15) is 99.1 Å². The Morgan fingerprint density at radius 1 is 0.448 bits per heavy atom. The zero-order valence-corrected chi connectivity index (χ0v) is 41.1. The number of carbonyl (C=O) groups excluding carboxylic acids is 2. The van der Waals surface area contributed by atoms with Crippen molar-refractivity contribution in [3.63, 3.8) is 0 Å². The molecule has 0 N–H and O–H groups in total. The van der Waals surface area contributed by atoms with Crippen LogP contribution in [0.5, 0.6) is 0 Å². The third kappa shape index (κ3) is 5.29. The van der Waals surface area contributed by atoms with Crippen LogP contribution in [0.2, 0.25) is 0 Å². The van der Waals surface area contributed by atoms with E-state index in [1.54, 1.807) is 0 Å². The van der Waals surface area contributed by atoms with E-state index in [9.17, 15) is 0 Å². The monoisotopic (exact) mass is 914 g/mol. The SMILES string of the molecule is Cc1cc(C)c(/C2=C3\C=CC(=N3)C3(C(=O)c4cccc5cccc3c45)C3=N/C(=C(\c4c(C)cc(C)cc4C)c4ccc([n-]4)C4(C(=O)c5cccc6cccc4c56)c4ccc2[n-]4)C=C3)c(C)c1.[Zn+2]. The van der Waals surface area contributed by atoms with Crippen molar-refractivity contribution in [1.29, 1.82) is 0 Å². The fourth-order valence-corrected chi connectivity index (χ4v) is 12.4. The second kappa shape index (κ2) is 14.3. The van der Waals surface area contributed by atoms with E-state index in [0.29, 0.717) is 56.7 Å². The van der Waals surface area contributed by atoms with Crippen LogP contribution in [0, 0.1) is 41.5 Å². The largest absolute Gasteiger partial charge is 2.00 e. The number of benzene rings is 6. The molecule has 2 unspecified atom stereocenters. The molecule has 316 valence electrons. The van der Waals surface area contributed by atoms with Crippen molar-refractivity contribution in [3.05, 3.63) is 247 Å². The summed E-state index contributed by atoms with van der Waals surface area (Å²) in [5.74, 6) is -0.118. The smallest absolute Gasteiger partial charge is 0.659 e. The standard InChI is InChI=1S/C60H42N4O2.Zn/c1-31-27-33(3)51(34(4)28-31)55-43-19-23-47(61-43)59(41-17-9-13-37-11-7-15-39(53(37)41)57(59)65)49-25-21-45(63-49)56(52-35(5)29-32(2)30-36(52)6)46-22-26-50(64-46)60(48-24-20-44(55)62-48)42-18-10-14-38-12-8-16-40(54(38)42)58(60)66;/h7-30H,1-6H3;/q-2;+2. The number of nitrogens with zero attached hydrogens (tertiary/aromatic N) is 4. The number of ketones is 2. The van der Waals surface area contributed by atoms with Gasteiger partial charge in [0, 0.05) is 11.1 Å². The third-order valence-corrected chi connectivity index (χ3v) is 14.8. The zero-order valence-electron chi connectivity index (χ0n) is 38.2. The summed E-state index contributed by atoms with van der Waals surface area (Å²) in [5.41, 5.74) is 15.7. The Labute approximate surface area is 401 Å². The molecule has 67 heavy (non-hydrogen) atoms. The Morgan fingerprint density at radius 2 is 0.836 bits per heavy atom. The number of rotatable bonds is 2. The van der Waals surface area contributed by atoms with E-state index < -0.39 is 10.8 Å². The molecule has 2 aliphatic carbocycles. The number of hydrogen-bond donors (Lipinski definition) is 0. The molecular weight excluding hydrogens is 874 g/mol. The van der Waals surface area contributed by atoms with Crippen molar-refractivity contribution in [2.45, 2.75) is 52.4 Å². The van der Waals surface area contributed by atoms with Crippen LogP contribution >= 0.6 is 0 Å². The Hall–Kier alpha value is -7.34. The summed E-state index contributed by atoms with van der Waals surface area (Å²) in [7, 11) is 0. The summed E-state index contributed by atoms with van der Waals surface area (Å²) in [6.45, 7) is 12.7. The summed E-state index contributed by atoms with van der Waals surface area (Å²) in [6, 6.07) is 41.1. The molecule has 6 aromatic carbocycles. The summed E-state index contributed by atoms with van der Waals surface area (Å²) in [6.07, 6.45) is 8.09. The van der Waals surface area contributed by atoms with E-state index in [1.165, 1.54) is 0 Å². The second-order valence-electron chi connectivity index (χ2n) is 18.7. The van der Waals surface area contributed by atoms with Gasteiger partial charge in [-0.3, -0.25) is 19.6 Å². The van der Waals surface area contributed by atoms with Gasteiger partial charge in [-0.05, 0) is 143 Å². The summed E-state index contributed by atoms with van der Waals surface area (Å²) < 4.78 is 0. The van der Waals surface area contributed by atoms with Crippen molar-refractivity contribution in [1.82, 2.24) is 9.97 Å².